The third-order valence-corrected chi connectivity index (χ3v) is 5.69. The maximum absolute atomic E-state index is 12.7. The summed E-state index contributed by atoms with van der Waals surface area (Å²) in [5.41, 5.74) is 3.82. The zero-order valence-electron chi connectivity index (χ0n) is 14.0. The number of benzene rings is 1. The molecule has 2 aromatic rings. The Labute approximate surface area is 151 Å². The molecule has 128 valence electrons. The molecule has 0 atom stereocenters. The molecule has 0 saturated carbocycles. The fraction of sp³-hybridized carbons (Fsp3) is 0.300. The number of piperidine rings is 1. The lowest BCUT2D eigenvalue weighted by Crippen LogP contribution is -2.27. The molecule has 2 N–H and O–H groups in total. The number of rotatable bonds is 4. The summed E-state index contributed by atoms with van der Waals surface area (Å²) in [7, 11) is 0. The van der Waals surface area contributed by atoms with Crippen molar-refractivity contribution < 1.29 is 4.79 Å². The van der Waals surface area contributed by atoms with Crippen LogP contribution in [0.4, 0.5) is 5.69 Å². The Morgan fingerprint density at radius 3 is 2.88 bits per heavy atom. The Morgan fingerprint density at radius 1 is 1.24 bits per heavy atom. The van der Waals surface area contributed by atoms with E-state index in [1.807, 2.05) is 29.7 Å². The van der Waals surface area contributed by atoms with Crippen LogP contribution in [0.3, 0.4) is 0 Å². The summed E-state index contributed by atoms with van der Waals surface area (Å²) in [6, 6.07) is 8.15. The molecule has 2 aliphatic rings. The van der Waals surface area contributed by atoms with E-state index < -0.39 is 0 Å². The Bertz CT molecular complexity index is 831. The molecule has 1 aromatic carbocycles. The van der Waals surface area contributed by atoms with E-state index in [0.29, 0.717) is 11.6 Å². The summed E-state index contributed by atoms with van der Waals surface area (Å²) < 4.78 is 0. The highest BCUT2D eigenvalue weighted by atomic mass is 32.1. The number of carbonyl (C=O) groups is 1. The Morgan fingerprint density at radius 2 is 2.08 bits per heavy atom. The second-order valence-corrected chi connectivity index (χ2v) is 7.29. The van der Waals surface area contributed by atoms with E-state index in [2.05, 4.69) is 33.8 Å². The van der Waals surface area contributed by atoms with Gasteiger partial charge in [-0.2, -0.15) is 0 Å². The van der Waals surface area contributed by atoms with Gasteiger partial charge in [-0.15, -0.1) is 11.3 Å². The number of para-hydroxylation sites is 1. The first-order chi connectivity index (χ1) is 12.3. The highest BCUT2D eigenvalue weighted by Crippen LogP contribution is 2.31. The van der Waals surface area contributed by atoms with Gasteiger partial charge in [0.2, 0.25) is 0 Å². The lowest BCUT2D eigenvalue weighted by Gasteiger charge is -2.25. The topological polar surface area (TPSA) is 54.0 Å². The molecule has 1 aliphatic heterocycles. The molecule has 0 unspecified atom stereocenters. The quantitative estimate of drug-likeness (QED) is 0.868. The van der Waals surface area contributed by atoms with Gasteiger partial charge in [-0.05, 0) is 55.5 Å². The maximum Gasteiger partial charge on any atom is 0.275 e. The monoisotopic (exact) mass is 351 g/mol. The highest BCUT2D eigenvalue weighted by Gasteiger charge is 2.20. The van der Waals surface area contributed by atoms with E-state index >= 15 is 0 Å². The molecule has 2 heterocycles. The number of hydrogen-bond acceptors (Lipinski definition) is 4. The van der Waals surface area contributed by atoms with Gasteiger partial charge in [0.25, 0.3) is 5.91 Å². The predicted octanol–water partition coefficient (Wildman–Crippen LogP) is 4.21. The van der Waals surface area contributed by atoms with Gasteiger partial charge in [0.15, 0.2) is 0 Å². The molecule has 1 aromatic heterocycles. The van der Waals surface area contributed by atoms with Gasteiger partial charge >= 0.3 is 0 Å². The van der Waals surface area contributed by atoms with Gasteiger partial charge < -0.3 is 10.6 Å². The van der Waals surface area contributed by atoms with Crippen molar-refractivity contribution in [3.8, 4) is 0 Å². The van der Waals surface area contributed by atoms with E-state index in [-0.39, 0.29) is 5.91 Å². The number of hydrogen-bond donors (Lipinski definition) is 2. The second-order valence-electron chi connectivity index (χ2n) is 6.43. The van der Waals surface area contributed by atoms with Crippen LogP contribution < -0.4 is 10.6 Å². The second kappa shape index (κ2) is 7.33. The molecule has 1 amide bonds. The van der Waals surface area contributed by atoms with Crippen LogP contribution in [0, 0.1) is 0 Å². The molecule has 4 nitrogen and oxygen atoms in total. The molecule has 1 aliphatic carbocycles. The summed E-state index contributed by atoms with van der Waals surface area (Å²) in [4.78, 5) is 17.2. The van der Waals surface area contributed by atoms with Crippen molar-refractivity contribution in [1.82, 2.24) is 10.3 Å². The van der Waals surface area contributed by atoms with Crippen LogP contribution in [0.1, 0.15) is 46.2 Å². The van der Waals surface area contributed by atoms with Crippen molar-refractivity contribution in [2.75, 3.05) is 18.4 Å². The molecule has 0 radical (unpaired) electrons. The molecule has 5 heteroatoms. The van der Waals surface area contributed by atoms with Crippen molar-refractivity contribution in [3.63, 3.8) is 0 Å². The molecule has 0 bridgehead atoms. The largest absolute Gasteiger partial charge is 0.320 e. The van der Waals surface area contributed by atoms with Crippen molar-refractivity contribution in [1.29, 1.82) is 0 Å². The van der Waals surface area contributed by atoms with E-state index in [0.717, 1.165) is 43.0 Å². The summed E-state index contributed by atoms with van der Waals surface area (Å²) >= 11 is 1.53. The smallest absolute Gasteiger partial charge is 0.275 e. The number of thiazole rings is 1. The molecule has 1 fully saturated rings. The number of nitrogens with one attached hydrogen (secondary N) is 2. The minimum atomic E-state index is -0.129. The number of carbonyl (C=O) groups excluding carboxylic acids is 1. The molecule has 25 heavy (non-hydrogen) atoms. The van der Waals surface area contributed by atoms with Gasteiger partial charge in [-0.1, -0.05) is 36.4 Å². The van der Waals surface area contributed by atoms with Crippen LogP contribution in [0.2, 0.25) is 0 Å². The zero-order valence-corrected chi connectivity index (χ0v) is 14.8. The van der Waals surface area contributed by atoms with E-state index in [1.54, 1.807) is 0 Å². The average Bonchev–Trinajstić information content (AvgIpc) is 3.34. The van der Waals surface area contributed by atoms with Crippen LogP contribution >= 0.6 is 11.3 Å². The summed E-state index contributed by atoms with van der Waals surface area (Å²) in [5.74, 6) is 0.369. The third-order valence-electron chi connectivity index (χ3n) is 4.77. The van der Waals surface area contributed by atoms with Crippen LogP contribution in [-0.4, -0.2) is 24.0 Å². The van der Waals surface area contributed by atoms with Crippen molar-refractivity contribution in [3.05, 3.63) is 64.1 Å². The van der Waals surface area contributed by atoms with Gasteiger partial charge in [0.1, 0.15) is 10.7 Å². The normalized spacial score (nSPS) is 17.5. The van der Waals surface area contributed by atoms with Crippen LogP contribution in [-0.2, 0) is 0 Å². The van der Waals surface area contributed by atoms with Crippen LogP contribution in [0.15, 0.2) is 47.9 Å². The maximum atomic E-state index is 12.7. The van der Waals surface area contributed by atoms with E-state index in [9.17, 15) is 4.79 Å². The minimum absolute atomic E-state index is 0.129. The zero-order chi connectivity index (χ0) is 17.1. The summed E-state index contributed by atoms with van der Waals surface area (Å²) in [6.07, 6.45) is 9.31. The van der Waals surface area contributed by atoms with E-state index in [4.69, 9.17) is 0 Å². The van der Waals surface area contributed by atoms with Gasteiger partial charge in [-0.3, -0.25) is 4.79 Å². The van der Waals surface area contributed by atoms with Crippen molar-refractivity contribution in [2.24, 2.45) is 0 Å². The van der Waals surface area contributed by atoms with Crippen LogP contribution in [0.5, 0.6) is 0 Å². The Kier molecular flexibility index (Phi) is 4.76. The standard InChI is InChI=1S/C20H21N3OS/c24-19(18-13-25-20(23-18)15-5-1-2-6-15)22-17-8-4-3-7-16(17)14-9-11-21-12-10-14/h1-5,7-8,13-14,21H,6,9-12H2,(H,22,24). The SMILES string of the molecule is O=C(Nc1ccccc1C1CCNCC1)c1csc(C2=CC=CC2)n1. The number of anilines is 1. The third kappa shape index (κ3) is 3.57. The predicted molar refractivity (Wildman–Crippen MR) is 103 cm³/mol. The summed E-state index contributed by atoms with van der Waals surface area (Å²) in [6.45, 7) is 2.07. The molecular formula is C20H21N3OS. The highest BCUT2D eigenvalue weighted by molar-refractivity contribution is 7.11. The molecule has 1 saturated heterocycles. The molecular weight excluding hydrogens is 330 g/mol. The molecule has 4 rings (SSSR count). The van der Waals surface area contributed by atoms with Crippen LogP contribution in [0.25, 0.3) is 5.57 Å². The van der Waals surface area contributed by atoms with Gasteiger partial charge in [0, 0.05) is 11.1 Å². The number of allylic oxidation sites excluding steroid dienone is 4. The lowest BCUT2D eigenvalue weighted by atomic mass is 9.89. The fourth-order valence-corrected chi connectivity index (χ4v) is 4.25. The first-order valence-corrected chi connectivity index (χ1v) is 9.62. The number of amides is 1. The number of aromatic nitrogens is 1. The lowest BCUT2D eigenvalue weighted by molar-refractivity contribution is 0.102. The average molecular weight is 351 g/mol. The molecule has 0 spiro atoms. The fourth-order valence-electron chi connectivity index (χ4n) is 3.42. The van der Waals surface area contributed by atoms with Crippen molar-refractivity contribution in [2.45, 2.75) is 25.2 Å². The Hall–Kier alpha value is -2.24. The Balaban J connectivity index is 1.51. The first kappa shape index (κ1) is 16.2. The first-order valence-electron chi connectivity index (χ1n) is 8.74. The number of nitrogens with zero attached hydrogens (tertiary/aromatic N) is 1. The van der Waals surface area contributed by atoms with Gasteiger partial charge in [0.05, 0.1) is 0 Å². The van der Waals surface area contributed by atoms with Gasteiger partial charge in [-0.25, -0.2) is 4.98 Å². The van der Waals surface area contributed by atoms with Crippen molar-refractivity contribution >= 4 is 28.5 Å². The minimum Gasteiger partial charge on any atom is -0.320 e. The summed E-state index contributed by atoms with van der Waals surface area (Å²) in [5, 5.41) is 9.25. The van der Waals surface area contributed by atoms with E-state index in [1.165, 1.54) is 22.5 Å².